The summed E-state index contributed by atoms with van der Waals surface area (Å²) in [5.74, 6) is -5.98. The largest absolute Gasteiger partial charge is 0.366 e. The molecule has 13 heteroatoms. The van der Waals surface area contributed by atoms with Crippen molar-refractivity contribution >= 4 is 56.0 Å². The molecule has 182 valence electrons. The summed E-state index contributed by atoms with van der Waals surface area (Å²) in [4.78, 5) is 15.8. The van der Waals surface area contributed by atoms with E-state index in [4.69, 9.17) is 5.73 Å². The van der Waals surface area contributed by atoms with Crippen LogP contribution in [0.1, 0.15) is 21.5 Å². The zero-order chi connectivity index (χ0) is 25.2. The Labute approximate surface area is 207 Å². The average molecular weight is 609 g/mol. The van der Waals surface area contributed by atoms with Gasteiger partial charge in [-0.1, -0.05) is 0 Å². The minimum atomic E-state index is -3.15. The van der Waals surface area contributed by atoms with Gasteiger partial charge in [-0.05, 0) is 71.1 Å². The van der Waals surface area contributed by atoms with E-state index >= 15 is 0 Å². The van der Waals surface area contributed by atoms with Crippen LogP contribution in [0.2, 0.25) is 0 Å². The van der Waals surface area contributed by atoms with Crippen molar-refractivity contribution < 1.29 is 26.6 Å². The number of aromatic nitrogens is 1. The van der Waals surface area contributed by atoms with Gasteiger partial charge < -0.3 is 11.1 Å². The highest BCUT2D eigenvalue weighted by Gasteiger charge is 2.24. The molecule has 0 spiro atoms. The zero-order valence-electron chi connectivity index (χ0n) is 17.8. The number of carbonyl (C=O) groups excluding carboxylic acids is 1. The first kappa shape index (κ1) is 25.8. The first-order valence-corrected chi connectivity index (χ1v) is 12.9. The molecule has 3 aromatic rings. The van der Waals surface area contributed by atoms with E-state index in [0.717, 1.165) is 12.1 Å². The molecule has 1 amide bonds. The molecule has 0 aliphatic rings. The van der Waals surface area contributed by atoms with Gasteiger partial charge in [0, 0.05) is 32.7 Å². The normalized spacial score (nSPS) is 11.9. The van der Waals surface area contributed by atoms with Crippen LogP contribution >= 0.6 is 22.6 Å². The highest BCUT2D eigenvalue weighted by Crippen LogP contribution is 2.32. The number of halogens is 5. The number of thiol groups is 1. The van der Waals surface area contributed by atoms with E-state index in [1.807, 2.05) is 22.6 Å². The van der Waals surface area contributed by atoms with Gasteiger partial charge in [0.1, 0.15) is 5.82 Å². The molecule has 1 aromatic heterocycles. The van der Waals surface area contributed by atoms with E-state index in [9.17, 15) is 26.6 Å². The molecule has 0 saturated heterocycles. The second-order valence-corrected chi connectivity index (χ2v) is 11.0. The van der Waals surface area contributed by atoms with Gasteiger partial charge in [0.2, 0.25) is 0 Å². The summed E-state index contributed by atoms with van der Waals surface area (Å²) in [5, 5.41) is 2.38. The first-order valence-electron chi connectivity index (χ1n) is 9.64. The summed E-state index contributed by atoms with van der Waals surface area (Å²) in [6.45, 7) is 0. The minimum Gasteiger partial charge on any atom is -0.366 e. The number of anilines is 3. The molecule has 0 unspecified atom stereocenters. The maximum atomic E-state index is 15.0. The number of rotatable bonds is 8. The fourth-order valence-corrected chi connectivity index (χ4v) is 4.14. The third-order valence-corrected chi connectivity index (χ3v) is 7.00. The Morgan fingerprint density at radius 1 is 1.09 bits per heavy atom. The quantitative estimate of drug-likeness (QED) is 0.152. The number of hydrogen-bond acceptors (Lipinski definition) is 4. The highest BCUT2D eigenvalue weighted by molar-refractivity contribution is 14.1. The molecular weight excluding hydrogens is 589 g/mol. The Hall–Kier alpha value is -2.78. The van der Waals surface area contributed by atoms with Crippen molar-refractivity contribution in [3.8, 4) is 0 Å². The fourth-order valence-electron chi connectivity index (χ4n) is 3.01. The number of amides is 1. The van der Waals surface area contributed by atoms with Crippen molar-refractivity contribution in [2.75, 3.05) is 23.3 Å². The second kappa shape index (κ2) is 10.2. The Morgan fingerprint density at radius 3 is 2.41 bits per heavy atom. The Kier molecular flexibility index (Phi) is 7.77. The van der Waals surface area contributed by atoms with Crippen LogP contribution in [-0.4, -0.2) is 28.4 Å². The van der Waals surface area contributed by atoms with Crippen molar-refractivity contribution in [3.05, 3.63) is 80.1 Å². The summed E-state index contributed by atoms with van der Waals surface area (Å²) in [6.07, 6.45) is 2.05. The lowest BCUT2D eigenvalue weighted by Crippen LogP contribution is -2.34. The van der Waals surface area contributed by atoms with Gasteiger partial charge in [-0.2, -0.15) is 0 Å². The van der Waals surface area contributed by atoms with Crippen molar-refractivity contribution in [1.82, 2.24) is 9.71 Å². The summed E-state index contributed by atoms with van der Waals surface area (Å²) in [5.41, 5.74) is 3.59. The predicted octanol–water partition coefficient (Wildman–Crippen LogP) is 3.78. The van der Waals surface area contributed by atoms with Gasteiger partial charge in [0.05, 0.1) is 16.9 Å². The van der Waals surface area contributed by atoms with E-state index in [1.165, 1.54) is 37.7 Å². The van der Waals surface area contributed by atoms with Crippen molar-refractivity contribution in [1.29, 1.82) is 0 Å². The highest BCUT2D eigenvalue weighted by atomic mass is 127. The molecule has 2 aromatic carbocycles. The van der Waals surface area contributed by atoms with Crippen LogP contribution < -0.4 is 20.5 Å². The number of primary amides is 1. The monoisotopic (exact) mass is 609 g/mol. The molecule has 0 bridgehead atoms. The summed E-state index contributed by atoms with van der Waals surface area (Å²) in [7, 11) is -1.73. The molecule has 0 radical (unpaired) electrons. The SMILES string of the molecule is CN[SH](C)(=O)Nc1nccc(Cc2cc(C(N)=O)c(Nc3ccc(I)cc3F)c(F)c2F)c1F. The number of nitrogens with two attached hydrogens (primary N) is 1. The van der Waals surface area contributed by atoms with Crippen LogP contribution in [0.4, 0.5) is 34.8 Å². The van der Waals surface area contributed by atoms with Gasteiger partial charge in [-0.25, -0.2) is 27.3 Å². The van der Waals surface area contributed by atoms with Crippen molar-refractivity contribution in [2.45, 2.75) is 6.42 Å². The summed E-state index contributed by atoms with van der Waals surface area (Å²) >= 11 is 1.88. The molecule has 7 nitrogen and oxygen atoms in total. The number of benzene rings is 2. The van der Waals surface area contributed by atoms with Gasteiger partial charge in [-0.3, -0.25) is 13.7 Å². The van der Waals surface area contributed by atoms with Crippen molar-refractivity contribution in [3.63, 3.8) is 0 Å². The first-order chi connectivity index (χ1) is 15.9. The third-order valence-electron chi connectivity index (χ3n) is 4.83. The molecule has 34 heavy (non-hydrogen) atoms. The molecule has 0 atom stereocenters. The fraction of sp³-hybridized carbons (Fsp3) is 0.143. The van der Waals surface area contributed by atoms with Crippen molar-refractivity contribution in [2.24, 2.45) is 5.73 Å². The third kappa shape index (κ3) is 5.64. The molecule has 3 rings (SSSR count). The number of nitrogens with zero attached hydrogens (tertiary/aromatic N) is 1. The van der Waals surface area contributed by atoms with Crippen LogP contribution in [-0.2, 0) is 16.7 Å². The van der Waals surface area contributed by atoms with Crippen LogP contribution in [0, 0.1) is 26.8 Å². The lowest BCUT2D eigenvalue weighted by molar-refractivity contribution is 0.100. The second-order valence-electron chi connectivity index (χ2n) is 7.27. The number of hydrogen-bond donors (Lipinski definition) is 5. The summed E-state index contributed by atoms with van der Waals surface area (Å²) < 4.78 is 76.8. The Balaban J connectivity index is 2.03. The maximum Gasteiger partial charge on any atom is 0.250 e. The minimum absolute atomic E-state index is 0.105. The van der Waals surface area contributed by atoms with E-state index in [0.29, 0.717) is 3.57 Å². The van der Waals surface area contributed by atoms with Crippen LogP contribution in [0.25, 0.3) is 0 Å². The number of carbonyl (C=O) groups is 1. The maximum absolute atomic E-state index is 15.0. The number of pyridine rings is 1. The average Bonchev–Trinajstić information content (AvgIpc) is 2.77. The van der Waals surface area contributed by atoms with Crippen LogP contribution in [0.3, 0.4) is 0 Å². The lowest BCUT2D eigenvalue weighted by atomic mass is 10.00. The predicted molar refractivity (Wildman–Crippen MR) is 132 cm³/mol. The zero-order valence-corrected chi connectivity index (χ0v) is 20.9. The van der Waals surface area contributed by atoms with Crippen LogP contribution in [0.5, 0.6) is 0 Å². The van der Waals surface area contributed by atoms with Crippen LogP contribution in [0.15, 0.2) is 36.5 Å². The lowest BCUT2D eigenvalue weighted by Gasteiger charge is -2.21. The molecule has 1 heterocycles. The molecule has 0 saturated carbocycles. The van der Waals surface area contributed by atoms with E-state index in [1.54, 1.807) is 0 Å². The van der Waals surface area contributed by atoms with E-state index in [-0.39, 0.29) is 22.6 Å². The standard InChI is InChI=1S/C21H20F4IN5O2S/c1-28-34(2,33)31-21-17(24)10(5-6-29-21)7-11-8-13(20(27)32)19(18(25)16(11)23)30-15-4-3-12(26)9-14(15)22/h3-6,8-9,30,34H,7H2,1-2H3,(H2,27,32)(H2,28,29,31,33). The smallest absolute Gasteiger partial charge is 0.250 e. The Morgan fingerprint density at radius 2 is 1.79 bits per heavy atom. The molecular formula is C21H20F4IN5O2S. The summed E-state index contributed by atoms with van der Waals surface area (Å²) in [6, 6.07) is 6.19. The molecule has 0 fully saturated rings. The van der Waals surface area contributed by atoms with Gasteiger partial charge in [-0.15, -0.1) is 0 Å². The van der Waals surface area contributed by atoms with Gasteiger partial charge in [0.15, 0.2) is 23.3 Å². The van der Waals surface area contributed by atoms with Gasteiger partial charge in [0.25, 0.3) is 5.91 Å². The molecule has 0 aliphatic heterocycles. The number of nitrogens with one attached hydrogen (secondary N) is 3. The topological polar surface area (TPSA) is 109 Å². The molecule has 5 N–H and O–H groups in total. The Bertz CT molecular complexity index is 1320. The van der Waals surface area contributed by atoms with E-state index < -0.39 is 57.2 Å². The van der Waals surface area contributed by atoms with E-state index in [2.05, 4.69) is 19.7 Å². The van der Waals surface area contributed by atoms with Gasteiger partial charge >= 0.3 is 0 Å². The molecule has 0 aliphatic carbocycles.